The molecule has 1 aliphatic rings. The predicted molar refractivity (Wildman–Crippen MR) is 89.9 cm³/mol. The van der Waals surface area contributed by atoms with Gasteiger partial charge in [0.05, 0.1) is 12.1 Å². The van der Waals surface area contributed by atoms with Gasteiger partial charge in [-0.3, -0.25) is 9.48 Å². The Morgan fingerprint density at radius 2 is 1.91 bits per heavy atom. The van der Waals surface area contributed by atoms with E-state index < -0.39 is 0 Å². The van der Waals surface area contributed by atoms with Gasteiger partial charge in [-0.05, 0) is 32.6 Å². The van der Waals surface area contributed by atoms with Crippen LogP contribution in [0.5, 0.6) is 0 Å². The average Bonchev–Trinajstić information content (AvgIpc) is 2.74. The molecule has 4 heteroatoms. The van der Waals surface area contributed by atoms with Crippen LogP contribution in [0, 0.1) is 19.8 Å². The number of aromatic nitrogens is 2. The summed E-state index contributed by atoms with van der Waals surface area (Å²) < 4.78 is 2.06. The van der Waals surface area contributed by atoms with Crippen molar-refractivity contribution in [1.29, 1.82) is 0 Å². The Balaban J connectivity index is 2.06. The molecule has 1 amide bonds. The van der Waals surface area contributed by atoms with Gasteiger partial charge in [-0.1, -0.05) is 33.1 Å². The Labute approximate surface area is 134 Å². The van der Waals surface area contributed by atoms with Crippen molar-refractivity contribution in [2.45, 2.75) is 78.8 Å². The second-order valence-electron chi connectivity index (χ2n) is 7.20. The van der Waals surface area contributed by atoms with E-state index in [4.69, 9.17) is 0 Å². The first-order chi connectivity index (χ1) is 10.4. The number of hydrogen-bond donors (Lipinski definition) is 0. The van der Waals surface area contributed by atoms with E-state index in [1.54, 1.807) is 0 Å². The first-order valence-corrected chi connectivity index (χ1v) is 8.68. The molecule has 0 aromatic carbocycles. The van der Waals surface area contributed by atoms with E-state index in [0.29, 0.717) is 18.4 Å². The topological polar surface area (TPSA) is 38.1 Å². The van der Waals surface area contributed by atoms with E-state index in [9.17, 15) is 4.79 Å². The van der Waals surface area contributed by atoms with E-state index >= 15 is 0 Å². The molecule has 0 radical (unpaired) electrons. The Bertz CT molecular complexity index is 513. The van der Waals surface area contributed by atoms with Crippen molar-refractivity contribution in [3.8, 4) is 0 Å². The van der Waals surface area contributed by atoms with Crippen LogP contribution in [-0.2, 0) is 17.8 Å². The molecule has 0 saturated heterocycles. The zero-order valence-corrected chi connectivity index (χ0v) is 14.9. The number of rotatable bonds is 5. The van der Waals surface area contributed by atoms with Crippen molar-refractivity contribution in [2.75, 3.05) is 7.05 Å². The van der Waals surface area contributed by atoms with Gasteiger partial charge in [-0.15, -0.1) is 0 Å². The molecule has 0 spiro atoms. The predicted octanol–water partition coefficient (Wildman–Crippen LogP) is 3.49. The maximum atomic E-state index is 12.6. The van der Waals surface area contributed by atoms with Gasteiger partial charge < -0.3 is 4.90 Å². The van der Waals surface area contributed by atoms with Crippen molar-refractivity contribution in [3.05, 3.63) is 17.0 Å². The quantitative estimate of drug-likeness (QED) is 0.835. The summed E-state index contributed by atoms with van der Waals surface area (Å²) in [4.78, 5) is 14.6. The first-order valence-electron chi connectivity index (χ1n) is 8.68. The fourth-order valence-corrected chi connectivity index (χ4v) is 3.46. The molecule has 1 heterocycles. The molecule has 0 aliphatic heterocycles. The molecule has 0 bridgehead atoms. The number of carbonyl (C=O) groups is 1. The molecule has 1 aromatic heterocycles. The standard InChI is InChI=1S/C18H31N3O/c1-13(2)12-21-15(4)17(14(3)19-21)11-18(22)20(5)16-9-7-6-8-10-16/h13,16H,6-12H2,1-5H3. The summed E-state index contributed by atoms with van der Waals surface area (Å²) in [5.41, 5.74) is 3.27. The van der Waals surface area contributed by atoms with Gasteiger partial charge in [0.15, 0.2) is 0 Å². The zero-order valence-electron chi connectivity index (χ0n) is 14.9. The van der Waals surface area contributed by atoms with Gasteiger partial charge in [0, 0.05) is 30.9 Å². The van der Waals surface area contributed by atoms with Gasteiger partial charge in [-0.2, -0.15) is 5.10 Å². The van der Waals surface area contributed by atoms with E-state index in [2.05, 4.69) is 30.6 Å². The maximum absolute atomic E-state index is 12.6. The molecule has 1 aliphatic carbocycles. The molecule has 4 nitrogen and oxygen atoms in total. The Morgan fingerprint density at radius 3 is 2.50 bits per heavy atom. The van der Waals surface area contributed by atoms with Crippen LogP contribution >= 0.6 is 0 Å². The van der Waals surface area contributed by atoms with Crippen molar-refractivity contribution < 1.29 is 4.79 Å². The molecular formula is C18H31N3O. The van der Waals surface area contributed by atoms with Crippen molar-refractivity contribution >= 4 is 5.91 Å². The molecule has 124 valence electrons. The highest BCUT2D eigenvalue weighted by Crippen LogP contribution is 2.23. The SMILES string of the molecule is Cc1nn(CC(C)C)c(C)c1CC(=O)N(C)C1CCCCC1. The lowest BCUT2D eigenvalue weighted by Gasteiger charge is -2.31. The lowest BCUT2D eigenvalue weighted by Crippen LogP contribution is -2.39. The number of amides is 1. The second kappa shape index (κ2) is 7.30. The van der Waals surface area contributed by atoms with E-state index in [1.807, 2.05) is 18.9 Å². The van der Waals surface area contributed by atoms with Crippen LogP contribution in [0.25, 0.3) is 0 Å². The summed E-state index contributed by atoms with van der Waals surface area (Å²) in [7, 11) is 1.97. The summed E-state index contributed by atoms with van der Waals surface area (Å²) in [6, 6.07) is 0.438. The van der Waals surface area contributed by atoms with Crippen LogP contribution in [0.4, 0.5) is 0 Å². The van der Waals surface area contributed by atoms with Crippen molar-refractivity contribution in [1.82, 2.24) is 14.7 Å². The highest BCUT2D eigenvalue weighted by Gasteiger charge is 2.24. The minimum Gasteiger partial charge on any atom is -0.342 e. The fraction of sp³-hybridized carbons (Fsp3) is 0.778. The van der Waals surface area contributed by atoms with Crippen molar-refractivity contribution in [2.24, 2.45) is 5.92 Å². The molecule has 2 rings (SSSR count). The van der Waals surface area contributed by atoms with Crippen LogP contribution in [0.3, 0.4) is 0 Å². The Hall–Kier alpha value is -1.32. The van der Waals surface area contributed by atoms with Gasteiger partial charge in [0.25, 0.3) is 0 Å². The van der Waals surface area contributed by atoms with E-state index in [1.165, 1.54) is 19.3 Å². The summed E-state index contributed by atoms with van der Waals surface area (Å²) in [6.07, 6.45) is 6.64. The first kappa shape index (κ1) is 17.0. The van der Waals surface area contributed by atoms with E-state index in [-0.39, 0.29) is 5.91 Å². The molecular weight excluding hydrogens is 274 g/mol. The lowest BCUT2D eigenvalue weighted by molar-refractivity contribution is -0.131. The Morgan fingerprint density at radius 1 is 1.27 bits per heavy atom. The third kappa shape index (κ3) is 3.90. The minimum atomic E-state index is 0.238. The number of likely N-dealkylation sites (N-methyl/N-ethyl adjacent to an activating group) is 1. The largest absolute Gasteiger partial charge is 0.342 e. The zero-order chi connectivity index (χ0) is 16.3. The summed E-state index contributed by atoms with van der Waals surface area (Å²) in [6.45, 7) is 9.41. The Kier molecular flexibility index (Phi) is 5.65. The van der Waals surface area contributed by atoms with Crippen LogP contribution in [0.15, 0.2) is 0 Å². The summed E-state index contributed by atoms with van der Waals surface area (Å²) in [5.74, 6) is 0.800. The average molecular weight is 305 g/mol. The van der Waals surface area contributed by atoms with Crippen molar-refractivity contribution in [3.63, 3.8) is 0 Å². The molecule has 22 heavy (non-hydrogen) atoms. The monoisotopic (exact) mass is 305 g/mol. The molecule has 0 unspecified atom stereocenters. The summed E-state index contributed by atoms with van der Waals surface area (Å²) in [5, 5.41) is 4.62. The number of hydrogen-bond acceptors (Lipinski definition) is 2. The number of carbonyl (C=O) groups excluding carboxylic acids is 1. The highest BCUT2D eigenvalue weighted by atomic mass is 16.2. The van der Waals surface area contributed by atoms with Crippen LogP contribution in [0.2, 0.25) is 0 Å². The van der Waals surface area contributed by atoms with Crippen LogP contribution < -0.4 is 0 Å². The molecule has 1 saturated carbocycles. The normalized spacial score (nSPS) is 16.3. The third-order valence-corrected chi connectivity index (χ3v) is 4.91. The number of nitrogens with zero attached hydrogens (tertiary/aromatic N) is 3. The summed E-state index contributed by atoms with van der Waals surface area (Å²) >= 11 is 0. The third-order valence-electron chi connectivity index (χ3n) is 4.91. The van der Waals surface area contributed by atoms with E-state index in [0.717, 1.165) is 36.3 Å². The molecule has 0 atom stereocenters. The highest BCUT2D eigenvalue weighted by molar-refractivity contribution is 5.79. The van der Waals surface area contributed by atoms with Gasteiger partial charge >= 0.3 is 0 Å². The molecule has 0 N–H and O–H groups in total. The van der Waals surface area contributed by atoms with Gasteiger partial charge in [0.2, 0.25) is 5.91 Å². The van der Waals surface area contributed by atoms with Crippen LogP contribution in [0.1, 0.15) is 62.9 Å². The fourth-order valence-electron chi connectivity index (χ4n) is 3.46. The number of aryl methyl sites for hydroxylation is 1. The molecule has 1 aromatic rings. The van der Waals surface area contributed by atoms with Gasteiger partial charge in [-0.25, -0.2) is 0 Å². The smallest absolute Gasteiger partial charge is 0.227 e. The minimum absolute atomic E-state index is 0.238. The van der Waals surface area contributed by atoms with Crippen LogP contribution in [-0.4, -0.2) is 33.7 Å². The molecule has 1 fully saturated rings. The van der Waals surface area contributed by atoms with Gasteiger partial charge in [0.1, 0.15) is 0 Å². The second-order valence-corrected chi connectivity index (χ2v) is 7.20. The maximum Gasteiger partial charge on any atom is 0.227 e. The lowest BCUT2D eigenvalue weighted by atomic mass is 9.94.